The highest BCUT2D eigenvalue weighted by Gasteiger charge is 2.25. The van der Waals surface area contributed by atoms with Gasteiger partial charge in [0, 0.05) is 31.0 Å². The maximum absolute atomic E-state index is 12.8. The molecular weight excluding hydrogens is 354 g/mol. The minimum atomic E-state index is -0.138. The van der Waals surface area contributed by atoms with E-state index < -0.39 is 0 Å². The maximum Gasteiger partial charge on any atom is 0.322 e. The van der Waals surface area contributed by atoms with Crippen LogP contribution >= 0.6 is 0 Å². The number of nitrogens with one attached hydrogen (secondary N) is 1. The number of methoxy groups -OCH3 is 1. The molecule has 1 heterocycles. The van der Waals surface area contributed by atoms with Gasteiger partial charge in [-0.15, -0.1) is 0 Å². The normalized spacial score (nSPS) is 13.9. The van der Waals surface area contributed by atoms with Gasteiger partial charge in [-0.2, -0.15) is 0 Å². The predicted octanol–water partition coefficient (Wildman–Crippen LogP) is 3.70. The Bertz CT molecular complexity index is 864. The van der Waals surface area contributed by atoms with E-state index in [0.717, 1.165) is 29.0 Å². The van der Waals surface area contributed by atoms with Gasteiger partial charge in [-0.05, 0) is 61.7 Å². The molecule has 2 aromatic carbocycles. The van der Waals surface area contributed by atoms with E-state index in [4.69, 9.17) is 4.74 Å². The number of nitrogens with zero attached hydrogens (tertiary/aromatic N) is 2. The van der Waals surface area contributed by atoms with E-state index in [1.807, 2.05) is 61.2 Å². The van der Waals surface area contributed by atoms with E-state index >= 15 is 0 Å². The van der Waals surface area contributed by atoms with Gasteiger partial charge in [-0.1, -0.05) is 12.1 Å². The standard InChI is InChI=1S/C22H27N3O3/c1-5-25(15(2)12-16-6-9-19(28-4)10-7-16)22(27)23-18-8-11-20-17(13-18)14-21(26)24(20)3/h6-11,13,15H,5,12,14H2,1-4H3,(H,23,27). The lowest BCUT2D eigenvalue weighted by Crippen LogP contribution is -2.42. The van der Waals surface area contributed by atoms with Crippen molar-refractivity contribution in [2.24, 2.45) is 0 Å². The quantitative estimate of drug-likeness (QED) is 0.830. The number of urea groups is 1. The summed E-state index contributed by atoms with van der Waals surface area (Å²) in [5.74, 6) is 0.893. The van der Waals surface area contributed by atoms with Crippen molar-refractivity contribution in [3.05, 3.63) is 53.6 Å². The van der Waals surface area contributed by atoms with Crippen molar-refractivity contribution >= 4 is 23.3 Å². The summed E-state index contributed by atoms with van der Waals surface area (Å²) in [6.07, 6.45) is 1.13. The molecule has 1 unspecified atom stereocenters. The molecule has 0 bridgehead atoms. The maximum atomic E-state index is 12.8. The van der Waals surface area contributed by atoms with Gasteiger partial charge in [0.1, 0.15) is 5.75 Å². The number of ether oxygens (including phenoxy) is 1. The van der Waals surface area contributed by atoms with Gasteiger partial charge in [0.25, 0.3) is 0 Å². The molecule has 2 aromatic rings. The van der Waals surface area contributed by atoms with Crippen molar-refractivity contribution in [1.29, 1.82) is 0 Å². The SMILES string of the molecule is CCN(C(=O)Nc1ccc2c(c1)CC(=O)N2C)C(C)Cc1ccc(OC)cc1. The third-order valence-corrected chi connectivity index (χ3v) is 5.23. The molecule has 3 rings (SSSR count). The van der Waals surface area contributed by atoms with Crippen molar-refractivity contribution in [2.45, 2.75) is 32.7 Å². The molecule has 0 saturated carbocycles. The number of hydrogen-bond acceptors (Lipinski definition) is 3. The van der Waals surface area contributed by atoms with Crippen LogP contribution in [0.2, 0.25) is 0 Å². The Morgan fingerprint density at radius 2 is 1.96 bits per heavy atom. The lowest BCUT2D eigenvalue weighted by Gasteiger charge is -2.28. The van der Waals surface area contributed by atoms with E-state index in [9.17, 15) is 9.59 Å². The van der Waals surface area contributed by atoms with Crippen LogP contribution in [0.25, 0.3) is 0 Å². The summed E-state index contributed by atoms with van der Waals surface area (Å²) < 4.78 is 5.19. The molecule has 0 fully saturated rings. The van der Waals surface area contributed by atoms with Crippen LogP contribution in [0.15, 0.2) is 42.5 Å². The second-order valence-electron chi connectivity index (χ2n) is 7.09. The largest absolute Gasteiger partial charge is 0.497 e. The number of carbonyl (C=O) groups is 2. The molecule has 1 atom stereocenters. The van der Waals surface area contributed by atoms with Gasteiger partial charge in [0.15, 0.2) is 0 Å². The van der Waals surface area contributed by atoms with Crippen LogP contribution in [0.5, 0.6) is 5.75 Å². The van der Waals surface area contributed by atoms with Crippen molar-refractivity contribution < 1.29 is 14.3 Å². The molecule has 148 valence electrons. The molecule has 0 saturated heterocycles. The predicted molar refractivity (Wildman–Crippen MR) is 111 cm³/mol. The number of hydrogen-bond donors (Lipinski definition) is 1. The van der Waals surface area contributed by atoms with Gasteiger partial charge in [-0.25, -0.2) is 4.79 Å². The molecule has 6 heteroatoms. The van der Waals surface area contributed by atoms with Crippen molar-refractivity contribution in [1.82, 2.24) is 4.90 Å². The summed E-state index contributed by atoms with van der Waals surface area (Å²) in [5, 5.41) is 2.97. The number of fused-ring (bicyclic) bond motifs is 1. The fraction of sp³-hybridized carbons (Fsp3) is 0.364. The van der Waals surface area contributed by atoms with Gasteiger partial charge in [0.05, 0.1) is 13.5 Å². The van der Waals surface area contributed by atoms with Crippen LogP contribution in [0.1, 0.15) is 25.0 Å². The molecule has 0 aliphatic carbocycles. The molecule has 1 aliphatic heterocycles. The third kappa shape index (κ3) is 4.11. The van der Waals surface area contributed by atoms with E-state index in [1.165, 1.54) is 0 Å². The Hall–Kier alpha value is -3.02. The first-order valence-electron chi connectivity index (χ1n) is 9.53. The van der Waals surface area contributed by atoms with Gasteiger partial charge in [0.2, 0.25) is 5.91 Å². The minimum absolute atomic E-state index is 0.0422. The average molecular weight is 381 g/mol. The summed E-state index contributed by atoms with van der Waals surface area (Å²) in [5.41, 5.74) is 3.71. The summed E-state index contributed by atoms with van der Waals surface area (Å²) >= 11 is 0. The highest BCUT2D eigenvalue weighted by Crippen LogP contribution is 2.30. The van der Waals surface area contributed by atoms with Gasteiger partial charge in [-0.3, -0.25) is 4.79 Å². The summed E-state index contributed by atoms with van der Waals surface area (Å²) in [4.78, 5) is 28.1. The first kappa shape index (κ1) is 19.7. The molecular formula is C22H27N3O3. The topological polar surface area (TPSA) is 61.9 Å². The van der Waals surface area contributed by atoms with E-state index in [0.29, 0.717) is 18.7 Å². The first-order chi connectivity index (χ1) is 13.4. The van der Waals surface area contributed by atoms with Crippen LogP contribution < -0.4 is 15.0 Å². The second-order valence-corrected chi connectivity index (χ2v) is 7.09. The summed E-state index contributed by atoms with van der Waals surface area (Å²) in [7, 11) is 3.42. The zero-order valence-corrected chi connectivity index (χ0v) is 16.9. The Balaban J connectivity index is 1.66. The van der Waals surface area contributed by atoms with Crippen LogP contribution in [-0.2, 0) is 17.6 Å². The third-order valence-electron chi connectivity index (χ3n) is 5.23. The highest BCUT2D eigenvalue weighted by molar-refractivity contribution is 6.01. The van der Waals surface area contributed by atoms with E-state index in [2.05, 4.69) is 5.32 Å². The molecule has 0 spiro atoms. The highest BCUT2D eigenvalue weighted by atomic mass is 16.5. The molecule has 0 radical (unpaired) electrons. The zero-order valence-electron chi connectivity index (χ0n) is 16.9. The Kier molecular flexibility index (Phi) is 5.87. The lowest BCUT2D eigenvalue weighted by atomic mass is 10.1. The van der Waals surface area contributed by atoms with Crippen molar-refractivity contribution in [3.8, 4) is 5.75 Å². The van der Waals surface area contributed by atoms with E-state index in [1.54, 1.807) is 19.1 Å². The van der Waals surface area contributed by atoms with Crippen molar-refractivity contribution in [2.75, 3.05) is 30.9 Å². The zero-order chi connectivity index (χ0) is 20.3. The molecule has 3 amide bonds. The average Bonchev–Trinajstić information content (AvgIpc) is 2.96. The monoisotopic (exact) mass is 381 g/mol. The summed E-state index contributed by atoms with van der Waals surface area (Å²) in [6, 6.07) is 13.4. The molecule has 6 nitrogen and oxygen atoms in total. The fourth-order valence-corrected chi connectivity index (χ4v) is 3.61. The lowest BCUT2D eigenvalue weighted by molar-refractivity contribution is -0.117. The molecule has 1 N–H and O–H groups in total. The number of benzene rings is 2. The Morgan fingerprint density at radius 3 is 2.61 bits per heavy atom. The van der Waals surface area contributed by atoms with Gasteiger partial charge >= 0.3 is 6.03 Å². The van der Waals surface area contributed by atoms with Crippen LogP contribution in [0.3, 0.4) is 0 Å². The smallest absolute Gasteiger partial charge is 0.322 e. The first-order valence-corrected chi connectivity index (χ1v) is 9.53. The Labute approximate surface area is 166 Å². The van der Waals surface area contributed by atoms with Crippen LogP contribution in [-0.4, -0.2) is 43.6 Å². The summed E-state index contributed by atoms with van der Waals surface area (Å²) in [6.45, 7) is 4.62. The number of carbonyl (C=O) groups excluding carboxylic acids is 2. The van der Waals surface area contributed by atoms with Crippen LogP contribution in [0.4, 0.5) is 16.2 Å². The van der Waals surface area contributed by atoms with Crippen molar-refractivity contribution in [3.63, 3.8) is 0 Å². The Morgan fingerprint density at radius 1 is 1.25 bits per heavy atom. The van der Waals surface area contributed by atoms with Gasteiger partial charge < -0.3 is 19.9 Å². The molecule has 0 aromatic heterocycles. The fourth-order valence-electron chi connectivity index (χ4n) is 3.61. The van der Waals surface area contributed by atoms with E-state index in [-0.39, 0.29) is 18.0 Å². The molecule has 1 aliphatic rings. The second kappa shape index (κ2) is 8.33. The number of anilines is 2. The minimum Gasteiger partial charge on any atom is -0.497 e. The molecule has 28 heavy (non-hydrogen) atoms. The van der Waals surface area contributed by atoms with Crippen LogP contribution in [0, 0.1) is 0 Å². The number of likely N-dealkylation sites (N-methyl/N-ethyl adjacent to an activating group) is 2. The number of amides is 3. The number of rotatable bonds is 6.